The fourth-order valence-electron chi connectivity index (χ4n) is 12.1. The summed E-state index contributed by atoms with van der Waals surface area (Å²) in [6, 6.07) is 54.6. The van der Waals surface area contributed by atoms with E-state index in [-0.39, 0.29) is 23.1 Å². The molecule has 0 amide bonds. The largest absolute Gasteiger partial charge is 0.376 e. The molecule has 0 bridgehead atoms. The highest BCUT2D eigenvalue weighted by Crippen LogP contribution is 2.56. The van der Waals surface area contributed by atoms with Crippen LogP contribution < -0.4 is 15.7 Å². The molecule has 0 fully saturated rings. The third-order valence-corrected chi connectivity index (χ3v) is 17.6. The maximum atomic E-state index is 2.75. The van der Waals surface area contributed by atoms with Gasteiger partial charge >= 0.3 is 6.85 Å². The predicted octanol–water partition coefficient (Wildman–Crippen LogP) is 15.7. The van der Waals surface area contributed by atoms with Crippen LogP contribution in [0.5, 0.6) is 0 Å². The Morgan fingerprint density at radius 2 is 1.20 bits per heavy atom. The summed E-state index contributed by atoms with van der Waals surface area (Å²) in [5.74, 6) is 0. The van der Waals surface area contributed by atoms with Crippen LogP contribution in [-0.2, 0) is 16.2 Å². The van der Waals surface area contributed by atoms with Crippen LogP contribution in [-0.4, -0.2) is 11.4 Å². The Bertz CT molecular complexity index is 3900. The van der Waals surface area contributed by atoms with E-state index in [0.29, 0.717) is 0 Å². The highest BCUT2D eigenvalue weighted by molar-refractivity contribution is 7.27. The van der Waals surface area contributed by atoms with Crippen molar-refractivity contribution in [2.45, 2.75) is 71.6 Å². The molecule has 64 heavy (non-hydrogen) atoms. The lowest BCUT2D eigenvalue weighted by molar-refractivity contribution is 0.590. The molecule has 0 N–H and O–H groups in total. The third-order valence-electron chi connectivity index (χ3n) is 15.3. The molecule has 0 spiro atoms. The van der Waals surface area contributed by atoms with Gasteiger partial charge in [-0.15, -0.1) is 22.7 Å². The monoisotopic (exact) mass is 858 g/mol. The minimum Gasteiger partial charge on any atom is -0.376 e. The first-order chi connectivity index (χ1) is 30.8. The summed E-state index contributed by atoms with van der Waals surface area (Å²) < 4.78 is 8.11. The van der Waals surface area contributed by atoms with Gasteiger partial charge in [0.05, 0.1) is 11.0 Å². The number of aromatic nitrogens is 1. The Kier molecular flexibility index (Phi) is 7.07. The molecule has 2 nitrogen and oxygen atoms in total. The minimum absolute atomic E-state index is 0.00256. The Labute approximate surface area is 382 Å². The van der Waals surface area contributed by atoms with Gasteiger partial charge in [-0.2, -0.15) is 0 Å². The van der Waals surface area contributed by atoms with Crippen LogP contribution in [0.15, 0.2) is 140 Å². The second-order valence-electron chi connectivity index (χ2n) is 21.3. The Morgan fingerprint density at radius 3 is 1.97 bits per heavy atom. The Morgan fingerprint density at radius 1 is 0.516 bits per heavy atom. The van der Waals surface area contributed by atoms with Gasteiger partial charge in [0.2, 0.25) is 0 Å². The normalized spacial score (nSPS) is 14.9. The predicted molar refractivity (Wildman–Crippen MR) is 281 cm³/mol. The molecule has 1 aliphatic carbocycles. The summed E-state index contributed by atoms with van der Waals surface area (Å²) >= 11 is 3.91. The van der Waals surface area contributed by atoms with Gasteiger partial charge in [-0.3, -0.25) is 0 Å². The van der Waals surface area contributed by atoms with E-state index in [1.165, 1.54) is 135 Å². The molecule has 5 heterocycles. The second kappa shape index (κ2) is 12.1. The quantitative estimate of drug-likeness (QED) is 0.149. The zero-order valence-corrected chi connectivity index (χ0v) is 39.2. The number of rotatable bonds is 1. The van der Waals surface area contributed by atoms with Gasteiger partial charge in [-0.1, -0.05) is 140 Å². The van der Waals surface area contributed by atoms with E-state index in [2.05, 4.69) is 204 Å². The fourth-order valence-corrected chi connectivity index (χ4v) is 14.5. The molecule has 0 radical (unpaired) electrons. The van der Waals surface area contributed by atoms with Crippen LogP contribution in [0.3, 0.4) is 0 Å². The highest BCUT2D eigenvalue weighted by atomic mass is 32.1. The van der Waals surface area contributed by atoms with Crippen LogP contribution in [0.1, 0.15) is 77.6 Å². The third kappa shape index (κ3) is 4.66. The van der Waals surface area contributed by atoms with Crippen molar-refractivity contribution in [2.75, 3.05) is 4.81 Å². The summed E-state index contributed by atoms with van der Waals surface area (Å²) in [5.41, 5.74) is 20.1. The Balaban J connectivity index is 1.23. The molecule has 0 unspecified atom stereocenters. The number of benzene rings is 8. The molecule has 8 aromatic carbocycles. The van der Waals surface area contributed by atoms with Crippen molar-refractivity contribution in [3.8, 4) is 27.9 Å². The van der Waals surface area contributed by atoms with Gasteiger partial charge < -0.3 is 9.38 Å². The summed E-state index contributed by atoms with van der Waals surface area (Å²) in [6.07, 6.45) is 0. The molecule has 0 atom stereocenters. The average Bonchev–Trinajstić information content (AvgIpc) is 4.01. The van der Waals surface area contributed by atoms with E-state index in [1.54, 1.807) is 0 Å². The van der Waals surface area contributed by atoms with Gasteiger partial charge in [-0.25, -0.2) is 0 Å². The molecule has 3 aromatic heterocycles. The summed E-state index contributed by atoms with van der Waals surface area (Å²) in [7, 11) is 0. The van der Waals surface area contributed by atoms with Crippen molar-refractivity contribution in [1.82, 2.24) is 4.57 Å². The number of hydrogen-bond acceptors (Lipinski definition) is 3. The standard InChI is InChI=1S/C59H47BN2S2/c1-57(2,3)32-21-24-34(25-22-32)62-46-29-39-36-16-10-13-19-48(36)63-50(39)30-41(46)51-52-37-17-11-14-20-49(37)64-56(52)53-40-27-33(58(4,5)6)23-26-45(40)61-47-28-38-35-15-9-12-18-42(35)59(7,8)43(38)31-44(47)60(62)54(51)55(53)61/h9-31H,1-8H3. The van der Waals surface area contributed by atoms with Crippen molar-refractivity contribution in [3.63, 3.8) is 0 Å². The molecule has 0 saturated heterocycles. The molecule has 11 aromatic rings. The fraction of sp³-hybridized carbons (Fsp3) is 0.186. The van der Waals surface area contributed by atoms with Gasteiger partial charge in [-0.05, 0) is 115 Å². The first-order valence-electron chi connectivity index (χ1n) is 22.9. The van der Waals surface area contributed by atoms with Gasteiger partial charge in [0, 0.05) is 79.2 Å². The smallest absolute Gasteiger partial charge is 0.333 e. The maximum Gasteiger partial charge on any atom is 0.333 e. The van der Waals surface area contributed by atoms with Gasteiger partial charge in [0.15, 0.2) is 0 Å². The molecule has 3 aliphatic rings. The van der Waals surface area contributed by atoms with E-state index in [1.807, 2.05) is 22.7 Å². The van der Waals surface area contributed by atoms with Crippen LogP contribution >= 0.6 is 22.7 Å². The number of hydrogen-bond donors (Lipinski definition) is 0. The Hall–Kier alpha value is -6.14. The number of anilines is 2. The maximum absolute atomic E-state index is 2.75. The van der Waals surface area contributed by atoms with E-state index >= 15 is 0 Å². The van der Waals surface area contributed by atoms with E-state index in [0.717, 1.165) is 0 Å². The van der Waals surface area contributed by atoms with Crippen molar-refractivity contribution in [3.05, 3.63) is 162 Å². The van der Waals surface area contributed by atoms with Crippen LogP contribution in [0.25, 0.3) is 90.1 Å². The second-order valence-corrected chi connectivity index (χ2v) is 23.4. The van der Waals surface area contributed by atoms with Gasteiger partial charge in [0.1, 0.15) is 0 Å². The van der Waals surface area contributed by atoms with Gasteiger partial charge in [0.25, 0.3) is 0 Å². The first kappa shape index (κ1) is 37.3. The van der Waals surface area contributed by atoms with Crippen LogP contribution in [0.2, 0.25) is 0 Å². The average molecular weight is 859 g/mol. The lowest BCUT2D eigenvalue weighted by Gasteiger charge is -2.43. The van der Waals surface area contributed by atoms with Crippen molar-refractivity contribution >= 4 is 114 Å². The minimum atomic E-state index is -0.152. The topological polar surface area (TPSA) is 8.17 Å². The lowest BCUT2D eigenvalue weighted by Crippen LogP contribution is -2.60. The molecular formula is C59H47BN2S2. The number of fused-ring (bicyclic) bond motifs is 19. The zero-order valence-electron chi connectivity index (χ0n) is 37.6. The van der Waals surface area contributed by atoms with Crippen molar-refractivity contribution in [1.29, 1.82) is 0 Å². The van der Waals surface area contributed by atoms with Crippen molar-refractivity contribution < 1.29 is 0 Å². The highest BCUT2D eigenvalue weighted by Gasteiger charge is 2.48. The summed E-state index contributed by atoms with van der Waals surface area (Å²) in [4.78, 5) is 2.75. The van der Waals surface area contributed by atoms with Crippen molar-refractivity contribution in [2.24, 2.45) is 0 Å². The first-order valence-corrected chi connectivity index (χ1v) is 24.5. The summed E-state index contributed by atoms with van der Waals surface area (Å²) in [5, 5.41) is 8.15. The molecule has 5 heteroatoms. The van der Waals surface area contributed by atoms with Crippen LogP contribution in [0.4, 0.5) is 11.4 Å². The SMILES string of the molecule is CC(C)(C)c1ccc(N2B3c4cc5c(cc4-n4c6ccc(C(C)(C)C)cc6c6c7sc8ccccc8c7c(c3c64)-c3cc4sc6ccccc6c4cc32)-c2ccccc2C5(C)C)cc1. The molecule has 2 aliphatic heterocycles. The van der Waals surface area contributed by atoms with E-state index in [4.69, 9.17) is 0 Å². The van der Waals surface area contributed by atoms with E-state index in [9.17, 15) is 0 Å². The molecule has 308 valence electrons. The van der Waals surface area contributed by atoms with E-state index < -0.39 is 0 Å². The zero-order chi connectivity index (χ0) is 43.3. The number of thiophene rings is 2. The molecular weight excluding hydrogens is 812 g/mol. The number of nitrogens with zero attached hydrogens (tertiary/aromatic N) is 2. The molecule has 0 saturated carbocycles. The summed E-state index contributed by atoms with van der Waals surface area (Å²) in [6.45, 7) is 18.8. The molecule has 14 rings (SSSR count). The lowest BCUT2D eigenvalue weighted by atomic mass is 9.43. The van der Waals surface area contributed by atoms with Crippen LogP contribution in [0, 0.1) is 0 Å².